The molecular weight excluding hydrogens is 198 g/mol. The molecule has 0 amide bonds. The minimum Gasteiger partial charge on any atom is -0.384 e. The van der Waals surface area contributed by atoms with E-state index in [-0.39, 0.29) is 0 Å². The van der Waals surface area contributed by atoms with Gasteiger partial charge in [0.1, 0.15) is 0 Å². The van der Waals surface area contributed by atoms with E-state index in [9.17, 15) is 5.11 Å². The maximum absolute atomic E-state index is 10.4. The van der Waals surface area contributed by atoms with Crippen LogP contribution in [0.1, 0.15) is 37.8 Å². The van der Waals surface area contributed by atoms with Gasteiger partial charge in [-0.15, -0.1) is 0 Å². The summed E-state index contributed by atoms with van der Waals surface area (Å²) in [5.41, 5.74) is 1.56. The number of rotatable bonds is 5. The fourth-order valence-corrected chi connectivity index (χ4v) is 1.83. The summed E-state index contributed by atoms with van der Waals surface area (Å²) in [6, 6.07) is 8.91. The van der Waals surface area contributed by atoms with E-state index in [1.807, 2.05) is 19.1 Å². The number of hydrogen-bond acceptors (Lipinski definition) is 2. The van der Waals surface area contributed by atoms with Crippen LogP contribution < -0.4 is 5.32 Å². The Morgan fingerprint density at radius 2 is 1.94 bits per heavy atom. The number of aliphatic hydroxyl groups is 1. The SMILES string of the molecule is CCc1ccc(C(C)(O)CNC2CC2)cc1. The second-order valence-corrected chi connectivity index (χ2v) is 4.98. The van der Waals surface area contributed by atoms with Gasteiger partial charge in [0, 0.05) is 12.6 Å². The van der Waals surface area contributed by atoms with Crippen molar-refractivity contribution >= 4 is 0 Å². The summed E-state index contributed by atoms with van der Waals surface area (Å²) in [7, 11) is 0. The van der Waals surface area contributed by atoms with Crippen molar-refractivity contribution in [1.29, 1.82) is 0 Å². The Bertz CT molecular complexity index is 338. The molecule has 1 unspecified atom stereocenters. The molecular formula is C14H21NO. The summed E-state index contributed by atoms with van der Waals surface area (Å²) in [6.07, 6.45) is 3.55. The van der Waals surface area contributed by atoms with Crippen LogP contribution in [0, 0.1) is 0 Å². The first kappa shape index (κ1) is 11.6. The lowest BCUT2D eigenvalue weighted by atomic mass is 9.94. The Balaban J connectivity index is 2.01. The molecule has 1 atom stereocenters. The van der Waals surface area contributed by atoms with Crippen LogP contribution in [0.25, 0.3) is 0 Å². The number of hydrogen-bond donors (Lipinski definition) is 2. The van der Waals surface area contributed by atoms with Gasteiger partial charge in [0.05, 0.1) is 5.60 Å². The molecule has 16 heavy (non-hydrogen) atoms. The third-order valence-electron chi connectivity index (χ3n) is 3.30. The minimum atomic E-state index is -0.755. The van der Waals surface area contributed by atoms with Crippen LogP contribution in [-0.2, 0) is 12.0 Å². The lowest BCUT2D eigenvalue weighted by Gasteiger charge is -2.24. The van der Waals surface area contributed by atoms with Gasteiger partial charge >= 0.3 is 0 Å². The molecule has 1 fully saturated rings. The Hall–Kier alpha value is -0.860. The van der Waals surface area contributed by atoms with Gasteiger partial charge in [-0.2, -0.15) is 0 Å². The van der Waals surface area contributed by atoms with E-state index in [0.29, 0.717) is 12.6 Å². The first-order valence-corrected chi connectivity index (χ1v) is 6.17. The van der Waals surface area contributed by atoms with E-state index in [1.54, 1.807) is 0 Å². The summed E-state index contributed by atoms with van der Waals surface area (Å²) in [4.78, 5) is 0. The molecule has 2 rings (SSSR count). The fourth-order valence-electron chi connectivity index (χ4n) is 1.83. The van der Waals surface area contributed by atoms with Crippen molar-refractivity contribution in [2.75, 3.05) is 6.54 Å². The van der Waals surface area contributed by atoms with E-state index in [0.717, 1.165) is 12.0 Å². The molecule has 0 spiro atoms. The first-order valence-electron chi connectivity index (χ1n) is 6.17. The van der Waals surface area contributed by atoms with E-state index in [4.69, 9.17) is 0 Å². The second-order valence-electron chi connectivity index (χ2n) is 4.98. The average Bonchev–Trinajstić information content (AvgIpc) is 3.10. The zero-order valence-corrected chi connectivity index (χ0v) is 10.2. The van der Waals surface area contributed by atoms with E-state index in [2.05, 4.69) is 24.4 Å². The van der Waals surface area contributed by atoms with Crippen LogP contribution in [0.15, 0.2) is 24.3 Å². The van der Waals surface area contributed by atoms with E-state index in [1.165, 1.54) is 18.4 Å². The lowest BCUT2D eigenvalue weighted by Crippen LogP contribution is -2.36. The predicted molar refractivity (Wildman–Crippen MR) is 66.4 cm³/mol. The van der Waals surface area contributed by atoms with Gasteiger partial charge in [-0.1, -0.05) is 31.2 Å². The molecule has 1 aliphatic carbocycles. The number of benzene rings is 1. The lowest BCUT2D eigenvalue weighted by molar-refractivity contribution is 0.0566. The summed E-state index contributed by atoms with van der Waals surface area (Å²) in [5, 5.41) is 13.7. The van der Waals surface area contributed by atoms with E-state index >= 15 is 0 Å². The van der Waals surface area contributed by atoms with Gasteiger partial charge in [0.2, 0.25) is 0 Å². The van der Waals surface area contributed by atoms with Gasteiger partial charge in [0.15, 0.2) is 0 Å². The Labute approximate surface area is 97.7 Å². The van der Waals surface area contributed by atoms with Crippen molar-refractivity contribution in [3.8, 4) is 0 Å². The van der Waals surface area contributed by atoms with Crippen molar-refractivity contribution in [3.05, 3.63) is 35.4 Å². The highest BCUT2D eigenvalue weighted by Crippen LogP contribution is 2.24. The second kappa shape index (κ2) is 4.56. The van der Waals surface area contributed by atoms with Gasteiger partial charge in [-0.05, 0) is 37.3 Å². The van der Waals surface area contributed by atoms with Crippen molar-refractivity contribution in [1.82, 2.24) is 5.32 Å². The molecule has 0 bridgehead atoms. The summed E-state index contributed by atoms with van der Waals surface area (Å²) in [5.74, 6) is 0. The number of nitrogens with one attached hydrogen (secondary N) is 1. The van der Waals surface area contributed by atoms with E-state index < -0.39 is 5.60 Å². The largest absolute Gasteiger partial charge is 0.384 e. The molecule has 1 aromatic rings. The van der Waals surface area contributed by atoms with Crippen molar-refractivity contribution in [2.45, 2.75) is 44.8 Å². The Morgan fingerprint density at radius 3 is 2.44 bits per heavy atom. The van der Waals surface area contributed by atoms with Crippen LogP contribution >= 0.6 is 0 Å². The van der Waals surface area contributed by atoms with Crippen LogP contribution in [0.4, 0.5) is 0 Å². The summed E-state index contributed by atoms with van der Waals surface area (Å²) in [6.45, 7) is 4.66. The quantitative estimate of drug-likeness (QED) is 0.796. The van der Waals surface area contributed by atoms with Crippen LogP contribution in [-0.4, -0.2) is 17.7 Å². The zero-order chi connectivity index (χ0) is 11.6. The summed E-state index contributed by atoms with van der Waals surface area (Å²) < 4.78 is 0. The molecule has 0 heterocycles. The van der Waals surface area contributed by atoms with Crippen molar-refractivity contribution in [3.63, 3.8) is 0 Å². The molecule has 1 saturated carbocycles. The van der Waals surface area contributed by atoms with Crippen LogP contribution in [0.2, 0.25) is 0 Å². The highest BCUT2D eigenvalue weighted by atomic mass is 16.3. The topological polar surface area (TPSA) is 32.3 Å². The van der Waals surface area contributed by atoms with Crippen molar-refractivity contribution < 1.29 is 5.11 Å². The maximum Gasteiger partial charge on any atom is 0.0992 e. The molecule has 0 saturated heterocycles. The molecule has 88 valence electrons. The standard InChI is InChI=1S/C14H21NO/c1-3-11-4-6-12(7-5-11)14(2,16)10-15-13-8-9-13/h4-7,13,15-16H,3,8-10H2,1-2H3. The Kier molecular flexibility index (Phi) is 3.31. The molecule has 2 nitrogen and oxygen atoms in total. The monoisotopic (exact) mass is 219 g/mol. The molecule has 2 N–H and O–H groups in total. The third-order valence-corrected chi connectivity index (χ3v) is 3.30. The van der Waals surface area contributed by atoms with Gasteiger partial charge < -0.3 is 10.4 Å². The minimum absolute atomic E-state index is 0.640. The van der Waals surface area contributed by atoms with Crippen LogP contribution in [0.3, 0.4) is 0 Å². The molecule has 0 aliphatic heterocycles. The normalized spacial score (nSPS) is 19.4. The smallest absolute Gasteiger partial charge is 0.0992 e. The average molecular weight is 219 g/mol. The molecule has 2 heteroatoms. The maximum atomic E-state index is 10.4. The van der Waals surface area contributed by atoms with Gasteiger partial charge in [0.25, 0.3) is 0 Å². The fraction of sp³-hybridized carbons (Fsp3) is 0.571. The summed E-state index contributed by atoms with van der Waals surface area (Å²) >= 11 is 0. The first-order chi connectivity index (χ1) is 7.62. The Morgan fingerprint density at radius 1 is 1.31 bits per heavy atom. The molecule has 1 aromatic carbocycles. The zero-order valence-electron chi connectivity index (χ0n) is 10.2. The molecule has 0 radical (unpaired) electrons. The molecule has 0 aromatic heterocycles. The highest BCUT2D eigenvalue weighted by molar-refractivity contribution is 5.27. The number of aryl methyl sites for hydroxylation is 1. The van der Waals surface area contributed by atoms with Crippen molar-refractivity contribution in [2.24, 2.45) is 0 Å². The van der Waals surface area contributed by atoms with Gasteiger partial charge in [-0.25, -0.2) is 0 Å². The third kappa shape index (κ3) is 2.83. The van der Waals surface area contributed by atoms with Crippen LogP contribution in [0.5, 0.6) is 0 Å². The van der Waals surface area contributed by atoms with Gasteiger partial charge in [-0.3, -0.25) is 0 Å². The molecule has 1 aliphatic rings. The highest BCUT2D eigenvalue weighted by Gasteiger charge is 2.27. The predicted octanol–water partition coefficient (Wildman–Crippen LogP) is 2.21.